The van der Waals surface area contributed by atoms with Crippen molar-refractivity contribution < 1.29 is 57.5 Å². The fourth-order valence-electron chi connectivity index (χ4n) is 8.40. The van der Waals surface area contributed by atoms with Crippen molar-refractivity contribution in [1.82, 2.24) is 20.2 Å². The zero-order valence-electron chi connectivity index (χ0n) is 31.7. The molecule has 1 aromatic carbocycles. The van der Waals surface area contributed by atoms with Gasteiger partial charge in [-0.1, -0.05) is 6.92 Å². The summed E-state index contributed by atoms with van der Waals surface area (Å²) < 4.78 is 29.1. The van der Waals surface area contributed by atoms with Crippen molar-refractivity contribution in [2.75, 3.05) is 32.1 Å². The van der Waals surface area contributed by atoms with E-state index in [-0.39, 0.29) is 58.1 Å². The summed E-state index contributed by atoms with van der Waals surface area (Å²) in [6.07, 6.45) is 6.11. The molecule has 2 amide bonds. The first kappa shape index (κ1) is 38.4. The fourth-order valence-corrected chi connectivity index (χ4v) is 9.13. The largest absolute Gasteiger partial charge is 0.0245 e. The van der Waals surface area contributed by atoms with E-state index in [1.54, 1.807) is 24.5 Å². The van der Waals surface area contributed by atoms with Crippen LogP contribution in [-0.4, -0.2) is 73.5 Å². The van der Waals surface area contributed by atoms with Gasteiger partial charge in [-0.3, -0.25) is 4.79 Å². The average molecular weight is 858 g/mol. The van der Waals surface area contributed by atoms with Crippen LogP contribution in [0.25, 0.3) is 22.3 Å². The maximum atomic E-state index is 15.3. The van der Waals surface area contributed by atoms with Crippen molar-refractivity contribution in [3.63, 3.8) is 0 Å². The van der Waals surface area contributed by atoms with Gasteiger partial charge < -0.3 is 14.4 Å². The summed E-state index contributed by atoms with van der Waals surface area (Å²) >= 11 is -0.00859. The van der Waals surface area contributed by atoms with Gasteiger partial charge in [0, 0.05) is 22.6 Å². The maximum Gasteiger partial charge on any atom is -0.0243 e. The van der Waals surface area contributed by atoms with Gasteiger partial charge in [-0.15, -0.1) is 0 Å². The van der Waals surface area contributed by atoms with Crippen LogP contribution in [-0.2, 0) is 44.2 Å². The number of hydrogen-bond donors (Lipinski definition) is 3. The molecule has 2 aliphatic carbocycles. The number of likely N-dealkylation sites (N-methyl/N-ethyl adjacent to an activating group) is 1. The molecule has 4 atom stereocenters. The summed E-state index contributed by atoms with van der Waals surface area (Å²) in [5.74, 6) is -1.18. The summed E-state index contributed by atoms with van der Waals surface area (Å²) in [5.41, 5.74) is 1.43. The van der Waals surface area contributed by atoms with Crippen LogP contribution >= 0.6 is 0 Å². The molecule has 0 saturated carbocycles. The van der Waals surface area contributed by atoms with Crippen molar-refractivity contribution in [3.8, 4) is 11.4 Å². The Morgan fingerprint density at radius 1 is 1.19 bits per heavy atom. The average Bonchev–Trinajstić information content (AvgIpc) is 3.51. The Labute approximate surface area is 324 Å². The quantitative estimate of drug-likeness (QED) is 0.0797. The normalized spacial score (nSPS) is 25.1. The number of carbonyl (C=O) groups is 3. The molecule has 3 N–H and O–H groups in total. The van der Waals surface area contributed by atoms with Crippen molar-refractivity contribution in [1.29, 1.82) is 0 Å². The monoisotopic (exact) mass is 857 g/mol. The number of pyridine rings is 2. The van der Waals surface area contributed by atoms with Gasteiger partial charge >= 0.3 is 155 Å². The molecular weight excluding hydrogens is 808 g/mol. The molecule has 7 rings (SSSR count). The summed E-state index contributed by atoms with van der Waals surface area (Å²) in [6.45, 7) is 6.75. The molecule has 12 nitrogen and oxygen atoms in total. The van der Waals surface area contributed by atoms with Crippen molar-refractivity contribution >= 4 is 28.9 Å². The molecule has 4 aliphatic rings. The van der Waals surface area contributed by atoms with Crippen LogP contribution in [0, 0.1) is 18.2 Å². The molecule has 0 saturated heterocycles. The summed E-state index contributed by atoms with van der Waals surface area (Å²) in [4.78, 5) is 60.9. The summed E-state index contributed by atoms with van der Waals surface area (Å²) in [6, 6.07) is 2.48. The molecule has 0 unspecified atom stereocenters. The van der Waals surface area contributed by atoms with Gasteiger partial charge in [0.15, 0.2) is 5.60 Å². The molecule has 0 bridgehead atoms. The number of halogens is 2. The van der Waals surface area contributed by atoms with E-state index in [9.17, 15) is 24.3 Å². The molecule has 290 valence electrons. The van der Waals surface area contributed by atoms with Crippen LogP contribution in [0.1, 0.15) is 91.8 Å². The van der Waals surface area contributed by atoms with Crippen molar-refractivity contribution in [2.45, 2.75) is 96.6 Å². The number of alkyl halides is 1. The van der Waals surface area contributed by atoms with E-state index in [4.69, 9.17) is 14.5 Å². The minimum absolute atomic E-state index is 0.00738. The molecule has 54 heavy (non-hydrogen) atoms. The van der Waals surface area contributed by atoms with E-state index in [1.165, 1.54) is 6.07 Å². The smallest absolute Gasteiger partial charge is 0.0243 e. The topological polar surface area (TPSA) is 149 Å². The Balaban J connectivity index is 1.16. The maximum absolute atomic E-state index is 15.3. The minimum Gasteiger partial charge on any atom is -0.0245 e. The Morgan fingerprint density at radius 3 is 2.70 bits per heavy atom. The van der Waals surface area contributed by atoms with E-state index >= 15 is 4.39 Å². The number of aryl methyl sites for hydroxylation is 1. The number of ether oxygens (including phenoxy) is 2. The third-order valence-electron chi connectivity index (χ3n) is 12.1. The molecule has 0 spiro atoms. The number of alkyl carbamates (subject to hydrolysis) is 1. The third kappa shape index (κ3) is 6.61. The second-order valence-corrected chi connectivity index (χ2v) is 19.3. The first-order valence-electron chi connectivity index (χ1n) is 18.7. The van der Waals surface area contributed by atoms with Gasteiger partial charge in [-0.2, -0.15) is 0 Å². The zero-order chi connectivity index (χ0) is 38.7. The summed E-state index contributed by atoms with van der Waals surface area (Å²) in [7, 11) is 4.37. The number of hydrogen-bond acceptors (Lipinski definition) is 8. The molecule has 3 aromatic rings. The number of amides is 2. The van der Waals surface area contributed by atoms with Crippen LogP contribution in [0.2, 0.25) is 0 Å². The number of rotatable bonds is 8. The van der Waals surface area contributed by atoms with Gasteiger partial charge in [-0.05, 0) is 48.9 Å². The Morgan fingerprint density at radius 2 is 1.96 bits per heavy atom. The SMILES string of the molecule is CC[C@@]1(O)C(=O)OCc2c1cc1n(c2=O)Cc2c-1nc1cc(F)c(C)c3c1c2[C@@H](NC(=O)O[C@H]1/C=C/CC[C@@](C)(C(=O)NCC[N+](C)(C)[I-]C)CC1)CC3. The fraction of sp³-hybridized carbons (Fsp3) is 0.525. The van der Waals surface area contributed by atoms with E-state index in [1.807, 2.05) is 19.1 Å². The predicted octanol–water partition coefficient (Wildman–Crippen LogP) is 1.57. The number of quaternary nitrogens is 1. The van der Waals surface area contributed by atoms with Gasteiger partial charge in [0.05, 0.1) is 35.1 Å². The second-order valence-electron chi connectivity index (χ2n) is 15.7. The van der Waals surface area contributed by atoms with E-state index in [0.717, 1.165) is 25.8 Å². The molecule has 0 fully saturated rings. The molecular formula is C40H49FIN5O7. The van der Waals surface area contributed by atoms with Crippen molar-refractivity contribution in [2.24, 2.45) is 5.41 Å². The Hall–Kier alpha value is -3.89. The standard InChI is InChI=1S/C40H49FIN5O7/c1-7-40(52)27-18-31-34-25(20-46(31)35(48)26(27)21-53-37(40)50)33-29(12-11-24-22(2)28(41)19-30(44-34)32(24)33)45-38(51)54-23-10-8-9-14-39(3,15-13-23)36(49)43-16-17-47(5,6)42-4/h8,10,18-19,23,29,52H,7,9,11-17,20-21H2,1-6H3,(H,43,49)(H,45,51)/b10-8+/t23-,29-,39+,40-/m0/s1. The number of nitrogens with zero attached hydrogens (tertiary/aromatic N) is 3. The number of fused-ring (bicyclic) bond motifs is 5. The molecule has 14 heteroatoms. The third-order valence-corrected chi connectivity index (χ3v) is 15.2. The Bertz CT molecular complexity index is 2170. The minimum atomic E-state index is -1.99. The number of aliphatic hydroxyl groups is 1. The van der Waals surface area contributed by atoms with Gasteiger partial charge in [-0.25, -0.2) is 14.2 Å². The van der Waals surface area contributed by atoms with Crippen LogP contribution in [0.5, 0.6) is 0 Å². The number of aromatic nitrogens is 2. The number of nitrogens with one attached hydrogen (secondary N) is 2. The number of cyclic esters (lactones) is 1. The number of carbonyl (C=O) groups excluding carboxylic acids is 3. The van der Waals surface area contributed by atoms with Crippen LogP contribution in [0.4, 0.5) is 9.18 Å². The van der Waals surface area contributed by atoms with E-state index in [0.29, 0.717) is 73.1 Å². The number of esters is 1. The summed E-state index contributed by atoms with van der Waals surface area (Å²) in [5, 5.41) is 18.3. The predicted molar refractivity (Wildman–Crippen MR) is 195 cm³/mol. The molecule has 0 radical (unpaired) electrons. The van der Waals surface area contributed by atoms with E-state index in [2.05, 4.69) is 29.7 Å². The van der Waals surface area contributed by atoms with E-state index < -0.39 is 46.6 Å². The van der Waals surface area contributed by atoms with Gasteiger partial charge in [0.1, 0.15) is 12.4 Å². The van der Waals surface area contributed by atoms with Crippen LogP contribution in [0.15, 0.2) is 29.1 Å². The Kier molecular flexibility index (Phi) is 10.2. The van der Waals surface area contributed by atoms with Crippen LogP contribution < -0.4 is 37.7 Å². The van der Waals surface area contributed by atoms with Gasteiger partial charge in [0.25, 0.3) is 5.56 Å². The molecule has 4 heterocycles. The first-order chi connectivity index (χ1) is 25.6. The molecule has 2 aliphatic heterocycles. The van der Waals surface area contributed by atoms with Crippen molar-refractivity contribution in [3.05, 3.63) is 73.8 Å². The second kappa shape index (κ2) is 14.3. The zero-order valence-corrected chi connectivity index (χ0v) is 33.9. The molecule has 2 aromatic heterocycles. The number of allylic oxidation sites excluding steroid dienone is 1. The first-order valence-corrected chi connectivity index (χ1v) is 21.8. The van der Waals surface area contributed by atoms with Crippen LogP contribution in [0.3, 0.4) is 0 Å². The van der Waals surface area contributed by atoms with Gasteiger partial charge in [0.2, 0.25) is 0 Å². The number of benzene rings is 1.